The number of hydrogen-bond acceptors (Lipinski definition) is 4. The summed E-state index contributed by atoms with van der Waals surface area (Å²) >= 11 is 6.04. The number of nitrogens with one attached hydrogen (secondary N) is 1. The third kappa shape index (κ3) is 4.42. The maximum absolute atomic E-state index is 13.7. The summed E-state index contributed by atoms with van der Waals surface area (Å²) in [7, 11) is 0. The minimum atomic E-state index is -0.135. The molecule has 1 amide bonds. The van der Waals surface area contributed by atoms with Gasteiger partial charge in [0, 0.05) is 43.4 Å². The molecule has 0 atom stereocenters. The molecule has 1 aliphatic rings. The van der Waals surface area contributed by atoms with Crippen LogP contribution in [0.4, 0.5) is 0 Å². The third-order valence-electron chi connectivity index (χ3n) is 7.40. The molecular weight excluding hydrogens is 488 g/mol. The highest BCUT2D eigenvalue weighted by atomic mass is 35.5. The van der Waals surface area contributed by atoms with Gasteiger partial charge in [0.2, 0.25) is 0 Å². The highest BCUT2D eigenvalue weighted by molar-refractivity contribution is 6.30. The molecule has 4 heterocycles. The van der Waals surface area contributed by atoms with Gasteiger partial charge in [-0.3, -0.25) is 18.9 Å². The standard InChI is InChI=1S/C28H27ClN6O2/c1-18-23(14-20(29)16-31-18)27(36)32-21-8-6-19(7-9-21)17-34-24-4-2-3-5-25(24)35(28(34)37)22-10-12-33-13-11-30-26(33)15-22/h2-5,10-16,19,21H,6-9,17H2,1H3,(H,32,36). The molecule has 0 unspecified atom stereocenters. The van der Waals surface area contributed by atoms with Gasteiger partial charge in [-0.25, -0.2) is 9.78 Å². The van der Waals surface area contributed by atoms with Gasteiger partial charge in [0.05, 0.1) is 33.0 Å². The maximum Gasteiger partial charge on any atom is 0.333 e. The van der Waals surface area contributed by atoms with Crippen molar-refractivity contribution in [1.82, 2.24) is 28.8 Å². The van der Waals surface area contributed by atoms with Gasteiger partial charge in [-0.2, -0.15) is 0 Å². The summed E-state index contributed by atoms with van der Waals surface area (Å²) in [6.45, 7) is 2.46. The van der Waals surface area contributed by atoms with Crippen LogP contribution < -0.4 is 11.0 Å². The number of benzene rings is 1. The lowest BCUT2D eigenvalue weighted by atomic mass is 9.85. The largest absolute Gasteiger partial charge is 0.349 e. The van der Waals surface area contributed by atoms with Gasteiger partial charge in [-0.05, 0) is 62.8 Å². The van der Waals surface area contributed by atoms with E-state index in [4.69, 9.17) is 11.6 Å². The lowest BCUT2D eigenvalue weighted by Crippen LogP contribution is -2.39. The number of carbonyl (C=O) groups excluding carboxylic acids is 1. The molecule has 5 aromatic rings. The van der Waals surface area contributed by atoms with Crippen LogP contribution in [0.15, 0.2) is 72.0 Å². The minimum Gasteiger partial charge on any atom is -0.349 e. The van der Waals surface area contributed by atoms with Crippen LogP contribution in [0.25, 0.3) is 22.4 Å². The monoisotopic (exact) mass is 514 g/mol. The van der Waals surface area contributed by atoms with Gasteiger partial charge in [0.15, 0.2) is 0 Å². The van der Waals surface area contributed by atoms with Crippen molar-refractivity contribution in [3.63, 3.8) is 0 Å². The molecule has 0 bridgehead atoms. The van der Waals surface area contributed by atoms with E-state index in [2.05, 4.69) is 15.3 Å². The summed E-state index contributed by atoms with van der Waals surface area (Å²) in [6.07, 6.45) is 10.7. The average molecular weight is 515 g/mol. The Morgan fingerprint density at radius 2 is 1.84 bits per heavy atom. The van der Waals surface area contributed by atoms with E-state index in [0.717, 1.165) is 48.1 Å². The molecule has 6 rings (SSSR count). The lowest BCUT2D eigenvalue weighted by Gasteiger charge is -2.29. The zero-order chi connectivity index (χ0) is 25.5. The van der Waals surface area contributed by atoms with Crippen LogP contribution in [0.3, 0.4) is 0 Å². The van der Waals surface area contributed by atoms with Gasteiger partial charge < -0.3 is 9.72 Å². The fourth-order valence-corrected chi connectivity index (χ4v) is 5.58. The quantitative estimate of drug-likeness (QED) is 0.365. The van der Waals surface area contributed by atoms with Crippen molar-refractivity contribution in [1.29, 1.82) is 0 Å². The number of rotatable bonds is 5. The number of fused-ring (bicyclic) bond motifs is 2. The number of halogens is 1. The Labute approximate surface area is 218 Å². The molecule has 1 N–H and O–H groups in total. The van der Waals surface area contributed by atoms with Crippen molar-refractivity contribution >= 4 is 34.2 Å². The second-order valence-electron chi connectivity index (χ2n) is 9.77. The van der Waals surface area contributed by atoms with E-state index in [0.29, 0.717) is 28.7 Å². The Morgan fingerprint density at radius 1 is 1.05 bits per heavy atom. The fraction of sp³-hybridized carbons (Fsp3) is 0.286. The summed E-state index contributed by atoms with van der Waals surface area (Å²) in [5.41, 5.74) is 4.54. The summed E-state index contributed by atoms with van der Waals surface area (Å²) in [6, 6.07) is 13.6. The van der Waals surface area contributed by atoms with Crippen LogP contribution in [0.1, 0.15) is 41.7 Å². The predicted octanol–water partition coefficient (Wildman–Crippen LogP) is 4.79. The third-order valence-corrected chi connectivity index (χ3v) is 7.60. The summed E-state index contributed by atoms with van der Waals surface area (Å²) in [5.74, 6) is 0.221. The van der Waals surface area contributed by atoms with Crippen molar-refractivity contribution in [3.05, 3.63) is 94.0 Å². The highest BCUT2D eigenvalue weighted by Gasteiger charge is 2.25. The van der Waals surface area contributed by atoms with E-state index >= 15 is 0 Å². The number of aryl methyl sites for hydroxylation is 1. The molecule has 1 aliphatic carbocycles. The van der Waals surface area contributed by atoms with Crippen molar-refractivity contribution in [2.45, 2.75) is 45.2 Å². The van der Waals surface area contributed by atoms with Crippen LogP contribution in [0.2, 0.25) is 5.02 Å². The molecule has 0 spiro atoms. The van der Waals surface area contributed by atoms with Crippen LogP contribution >= 0.6 is 11.6 Å². The molecule has 0 aliphatic heterocycles. The van der Waals surface area contributed by atoms with E-state index < -0.39 is 0 Å². The van der Waals surface area contributed by atoms with E-state index in [1.807, 2.05) is 64.7 Å². The molecule has 0 radical (unpaired) electrons. The first kappa shape index (κ1) is 23.5. The van der Waals surface area contributed by atoms with Crippen molar-refractivity contribution in [3.8, 4) is 5.69 Å². The molecule has 1 fully saturated rings. The van der Waals surface area contributed by atoms with Crippen LogP contribution in [-0.2, 0) is 6.54 Å². The first-order valence-corrected chi connectivity index (χ1v) is 12.9. The van der Waals surface area contributed by atoms with Crippen molar-refractivity contribution in [2.75, 3.05) is 0 Å². The zero-order valence-electron chi connectivity index (χ0n) is 20.5. The normalized spacial score (nSPS) is 17.9. The Morgan fingerprint density at radius 3 is 2.65 bits per heavy atom. The van der Waals surface area contributed by atoms with E-state index in [1.165, 1.54) is 0 Å². The molecule has 0 saturated heterocycles. The average Bonchev–Trinajstić information content (AvgIpc) is 3.48. The Hall–Kier alpha value is -3.91. The molecule has 188 valence electrons. The SMILES string of the molecule is Cc1ncc(Cl)cc1C(=O)NC1CCC(Cn2c(=O)n(-c3ccn4ccnc4c3)c3ccccc32)CC1. The number of pyridine rings is 2. The van der Waals surface area contributed by atoms with E-state index in [9.17, 15) is 9.59 Å². The smallest absolute Gasteiger partial charge is 0.333 e. The molecule has 1 saturated carbocycles. The first-order chi connectivity index (χ1) is 18.0. The van der Waals surface area contributed by atoms with Crippen molar-refractivity contribution in [2.24, 2.45) is 5.92 Å². The Bertz CT molecular complexity index is 1680. The second kappa shape index (κ2) is 9.52. The number of amides is 1. The molecule has 1 aromatic carbocycles. The molecule has 9 heteroatoms. The van der Waals surface area contributed by atoms with Gasteiger partial charge >= 0.3 is 5.69 Å². The van der Waals surface area contributed by atoms with Crippen LogP contribution in [0.5, 0.6) is 0 Å². The van der Waals surface area contributed by atoms with Crippen LogP contribution in [-0.4, -0.2) is 35.5 Å². The number of aromatic nitrogens is 5. The fourth-order valence-electron chi connectivity index (χ4n) is 5.42. The zero-order valence-corrected chi connectivity index (χ0v) is 21.2. The number of para-hydroxylation sites is 2. The topological polar surface area (TPSA) is 86.2 Å². The molecule has 4 aromatic heterocycles. The first-order valence-electron chi connectivity index (χ1n) is 12.5. The molecule has 8 nitrogen and oxygen atoms in total. The van der Waals surface area contributed by atoms with Gasteiger partial charge in [-0.15, -0.1) is 0 Å². The number of imidazole rings is 2. The second-order valence-corrected chi connectivity index (χ2v) is 10.2. The van der Waals surface area contributed by atoms with E-state index in [-0.39, 0.29) is 17.6 Å². The number of nitrogens with zero attached hydrogens (tertiary/aromatic N) is 5. The number of hydrogen-bond donors (Lipinski definition) is 1. The van der Waals surface area contributed by atoms with Gasteiger partial charge in [0.25, 0.3) is 5.91 Å². The lowest BCUT2D eigenvalue weighted by molar-refractivity contribution is 0.0919. The maximum atomic E-state index is 13.7. The highest BCUT2D eigenvalue weighted by Crippen LogP contribution is 2.28. The van der Waals surface area contributed by atoms with Crippen molar-refractivity contribution < 1.29 is 4.79 Å². The summed E-state index contributed by atoms with van der Waals surface area (Å²) < 4.78 is 5.60. The predicted molar refractivity (Wildman–Crippen MR) is 143 cm³/mol. The summed E-state index contributed by atoms with van der Waals surface area (Å²) in [4.78, 5) is 35.0. The molecule has 37 heavy (non-hydrogen) atoms. The van der Waals surface area contributed by atoms with E-state index in [1.54, 1.807) is 23.0 Å². The van der Waals surface area contributed by atoms with Gasteiger partial charge in [0.1, 0.15) is 5.65 Å². The summed E-state index contributed by atoms with van der Waals surface area (Å²) in [5, 5.41) is 3.60. The minimum absolute atomic E-state index is 0.0449. The number of carbonyl (C=O) groups is 1. The Balaban J connectivity index is 1.20. The van der Waals surface area contributed by atoms with Gasteiger partial charge in [-0.1, -0.05) is 23.7 Å². The molecular formula is C28H27ClN6O2. The Kier molecular flexibility index (Phi) is 6.04. The van der Waals surface area contributed by atoms with Crippen LogP contribution in [0, 0.1) is 12.8 Å².